The Labute approximate surface area is 858 Å². The topological polar surface area (TPSA) is 197 Å². The van der Waals surface area contributed by atoms with Crippen molar-refractivity contribution in [2.45, 2.75) is 0 Å². The standard InChI is InChI=1S/2C44H28N6.C43H27N7/c1-4-14-29(15-5-1)42-46-43(30-16-6-2-7-17-30)48-44(47-42)31-24-27-39(45-28-31)50-38-23-13-11-21-34(38)36-26-25-35-33-20-10-12-22-37(33)49(40(35)41(36)50)32-18-8-3-9-19-32;1-4-14-29(15-5-1)42-46-43(30-16-6-2-7-17-30)48-44(47-42)31-24-25-41(45-28-31)50-38-23-13-11-21-34(38)36-26-35-33-20-10-12-22-37(33)49(39(35)27-40(36)50)32-18-8-3-9-19-32;1-4-14-28(15-5-1)40-46-41(29-16-6-2-7-17-29)48-42(47-40)30-26-44-43(45-27-30)50-37-23-13-11-21-33(37)35-24-34-32-20-10-12-22-36(32)49(38(34)25-39(35)50)31-18-8-3-9-19-31/h2*1-28H;1-27H. The van der Waals surface area contributed by atoms with E-state index in [-0.39, 0.29) is 0 Å². The Morgan fingerprint density at radius 3 is 0.660 bits per heavy atom. The third kappa shape index (κ3) is 15.3. The Hall–Kier alpha value is -20.8. The molecule has 0 bridgehead atoms. The van der Waals surface area contributed by atoms with E-state index in [1.807, 2.05) is 194 Å². The number of rotatable bonds is 15. The largest absolute Gasteiger partial charge is 0.309 e. The summed E-state index contributed by atoms with van der Waals surface area (Å²) < 4.78 is 13.8. The van der Waals surface area contributed by atoms with Gasteiger partial charge < -0.3 is 13.7 Å². The number of hydrogen-bond acceptors (Lipinski definition) is 13. The summed E-state index contributed by atoms with van der Waals surface area (Å²) in [6.45, 7) is 0. The van der Waals surface area contributed by atoms with Crippen molar-refractivity contribution in [3.8, 4) is 137 Å². The summed E-state index contributed by atoms with van der Waals surface area (Å²) in [5.41, 5.74) is 24.7. The molecule has 30 aromatic rings. The first-order valence-corrected chi connectivity index (χ1v) is 49.8. The van der Waals surface area contributed by atoms with Gasteiger partial charge in [-0.3, -0.25) is 13.7 Å². The van der Waals surface area contributed by atoms with E-state index >= 15 is 0 Å². The van der Waals surface area contributed by atoms with E-state index < -0.39 is 0 Å². The fourth-order valence-electron chi connectivity index (χ4n) is 21.3. The number of fused-ring (bicyclic) bond motifs is 19. The molecule has 0 radical (unpaired) electrons. The zero-order chi connectivity index (χ0) is 99.1. The molecule has 0 amide bonds. The molecule has 0 aliphatic rings. The minimum absolute atomic E-state index is 0.514. The van der Waals surface area contributed by atoms with Crippen molar-refractivity contribution in [2.75, 3.05) is 0 Å². The second-order valence-electron chi connectivity index (χ2n) is 36.9. The number of aromatic nitrogens is 19. The molecule has 30 rings (SSSR count). The molecule has 0 N–H and O–H groups in total. The van der Waals surface area contributed by atoms with Gasteiger partial charge in [0, 0.05) is 151 Å². The normalized spacial score (nSPS) is 11.6. The van der Waals surface area contributed by atoms with Crippen LogP contribution in [0, 0.1) is 0 Å². The number of benzene rings is 18. The van der Waals surface area contributed by atoms with Crippen LogP contribution in [0.3, 0.4) is 0 Å². The van der Waals surface area contributed by atoms with Gasteiger partial charge in [-0.2, -0.15) is 0 Å². The quantitative estimate of drug-likeness (QED) is 0.0940. The zero-order valence-electron chi connectivity index (χ0n) is 80.4. The first-order chi connectivity index (χ1) is 74.4. The van der Waals surface area contributed by atoms with E-state index in [0.29, 0.717) is 63.9 Å². The van der Waals surface area contributed by atoms with Gasteiger partial charge in [-0.15, -0.1) is 0 Å². The number of pyridine rings is 2. The lowest BCUT2D eigenvalue weighted by Crippen LogP contribution is -2.03. The highest BCUT2D eigenvalue weighted by molar-refractivity contribution is 6.25. The molecule has 0 saturated carbocycles. The molecule has 0 unspecified atom stereocenters. The number of para-hydroxylation sites is 9. The minimum atomic E-state index is 0.514. The van der Waals surface area contributed by atoms with Gasteiger partial charge in [0.05, 0.1) is 71.8 Å². The summed E-state index contributed by atoms with van der Waals surface area (Å²) in [7, 11) is 0. The van der Waals surface area contributed by atoms with Crippen LogP contribution < -0.4 is 0 Å². The SMILES string of the molecule is c1ccc(-c2nc(-c3ccccc3)nc(-c3ccc(-n4c5ccccc5c5cc6c7ccccc7n(-c7ccccc7)c6cc54)nc3)n2)cc1.c1ccc(-c2nc(-c3ccccc3)nc(-c3ccc(-n4c5ccccc5c5ccc6c7ccccc7n(-c7ccccc7)c6c54)nc3)n2)cc1.c1ccc(-c2nc(-c3ccccc3)nc(-c3cnc(-n4c5ccccc5c5cc6c7ccccc7n(-c7ccccc7)c6cc54)nc3)n2)cc1. The molecule has 19 nitrogen and oxygen atoms in total. The van der Waals surface area contributed by atoms with Gasteiger partial charge in [0.2, 0.25) is 5.95 Å². The first kappa shape index (κ1) is 87.0. The molecule has 0 aliphatic heterocycles. The van der Waals surface area contributed by atoms with Gasteiger partial charge in [-0.1, -0.05) is 358 Å². The van der Waals surface area contributed by atoms with Gasteiger partial charge in [0.25, 0.3) is 0 Å². The van der Waals surface area contributed by atoms with Gasteiger partial charge >= 0.3 is 0 Å². The van der Waals surface area contributed by atoms with Crippen LogP contribution in [-0.2, 0) is 0 Å². The molecule has 702 valence electrons. The van der Waals surface area contributed by atoms with E-state index in [4.69, 9.17) is 64.8 Å². The van der Waals surface area contributed by atoms with Crippen LogP contribution in [-0.4, -0.2) is 92.2 Å². The molecule has 0 saturated heterocycles. The van der Waals surface area contributed by atoms with E-state index in [2.05, 4.69) is 325 Å². The van der Waals surface area contributed by atoms with E-state index in [9.17, 15) is 0 Å². The fraction of sp³-hybridized carbons (Fsp3) is 0. The predicted molar refractivity (Wildman–Crippen MR) is 606 cm³/mol. The maximum absolute atomic E-state index is 5.12. The molecular weight excluding hydrogens is 1840 g/mol. The molecule has 19 heteroatoms. The van der Waals surface area contributed by atoms with Crippen LogP contribution >= 0.6 is 0 Å². The van der Waals surface area contributed by atoms with Crippen LogP contribution in [0.4, 0.5) is 0 Å². The zero-order valence-corrected chi connectivity index (χ0v) is 80.4. The Morgan fingerprint density at radius 2 is 0.347 bits per heavy atom. The first-order valence-electron chi connectivity index (χ1n) is 49.8. The molecule has 12 aromatic heterocycles. The smallest absolute Gasteiger partial charge is 0.234 e. The second-order valence-corrected chi connectivity index (χ2v) is 36.9. The lowest BCUT2D eigenvalue weighted by molar-refractivity contribution is 0.982. The predicted octanol–water partition coefficient (Wildman–Crippen LogP) is 30.8. The van der Waals surface area contributed by atoms with Crippen molar-refractivity contribution in [3.05, 3.63) is 504 Å². The molecule has 0 fully saturated rings. The third-order valence-electron chi connectivity index (χ3n) is 28.1. The summed E-state index contributed by atoms with van der Waals surface area (Å²) >= 11 is 0. The molecule has 0 aliphatic carbocycles. The van der Waals surface area contributed by atoms with E-state index in [1.54, 1.807) is 12.4 Å². The molecule has 0 spiro atoms. The van der Waals surface area contributed by atoms with Crippen LogP contribution in [0.5, 0.6) is 0 Å². The summed E-state index contributed by atoms with van der Waals surface area (Å²) in [5, 5.41) is 14.3. The van der Waals surface area contributed by atoms with Crippen molar-refractivity contribution in [1.82, 2.24) is 92.2 Å². The Morgan fingerprint density at radius 1 is 0.127 bits per heavy atom. The monoisotopic (exact) mass is 1920 g/mol. The summed E-state index contributed by atoms with van der Waals surface area (Å²) in [5.74, 6) is 7.56. The van der Waals surface area contributed by atoms with Crippen molar-refractivity contribution in [3.63, 3.8) is 0 Å². The van der Waals surface area contributed by atoms with Crippen molar-refractivity contribution >= 4 is 131 Å². The summed E-state index contributed by atoms with van der Waals surface area (Å²) in [4.78, 5) is 64.0. The average Bonchev–Trinajstić information content (AvgIpc) is 1.55. The van der Waals surface area contributed by atoms with Crippen molar-refractivity contribution in [2.24, 2.45) is 0 Å². The molecule has 0 atom stereocenters. The lowest BCUT2D eigenvalue weighted by Gasteiger charge is -2.12. The van der Waals surface area contributed by atoms with E-state index in [0.717, 1.165) is 134 Å². The average molecular weight is 1920 g/mol. The Bertz CT molecular complexity index is 9840. The van der Waals surface area contributed by atoms with Crippen molar-refractivity contribution in [1.29, 1.82) is 0 Å². The Kier molecular flexibility index (Phi) is 21.4. The highest BCUT2D eigenvalue weighted by atomic mass is 15.2. The number of nitrogens with zero attached hydrogens (tertiary/aromatic N) is 19. The molecule has 12 heterocycles. The highest BCUT2D eigenvalue weighted by Gasteiger charge is 2.28. The van der Waals surface area contributed by atoms with Gasteiger partial charge in [-0.05, 0) is 121 Å². The van der Waals surface area contributed by atoms with Crippen LogP contribution in [0.1, 0.15) is 0 Å². The maximum Gasteiger partial charge on any atom is 0.234 e. The molecule has 18 aromatic carbocycles. The van der Waals surface area contributed by atoms with Crippen LogP contribution in [0.2, 0.25) is 0 Å². The maximum atomic E-state index is 5.12. The highest BCUT2D eigenvalue weighted by Crippen LogP contribution is 2.46. The fourth-order valence-corrected chi connectivity index (χ4v) is 21.3. The van der Waals surface area contributed by atoms with E-state index in [1.165, 1.54) is 70.4 Å². The van der Waals surface area contributed by atoms with Gasteiger partial charge in [0.15, 0.2) is 52.4 Å². The number of hydrogen-bond donors (Lipinski definition) is 0. The third-order valence-corrected chi connectivity index (χ3v) is 28.1. The second kappa shape index (κ2) is 36.8. The van der Waals surface area contributed by atoms with Crippen molar-refractivity contribution < 1.29 is 0 Å². The van der Waals surface area contributed by atoms with Gasteiger partial charge in [-0.25, -0.2) is 64.8 Å². The van der Waals surface area contributed by atoms with Gasteiger partial charge in [0.1, 0.15) is 11.6 Å². The summed E-state index contributed by atoms with van der Waals surface area (Å²) in [6.07, 6.45) is 7.36. The molecular formula is C131H83N19. The Balaban J connectivity index is 0.000000108. The van der Waals surface area contributed by atoms with Crippen LogP contribution in [0.15, 0.2) is 504 Å². The summed E-state index contributed by atoms with van der Waals surface area (Å²) in [6, 6.07) is 165. The lowest BCUT2D eigenvalue weighted by atomic mass is 10.1. The van der Waals surface area contributed by atoms with Crippen LogP contribution in [0.25, 0.3) is 268 Å². The minimum Gasteiger partial charge on any atom is -0.309 e. The molecule has 150 heavy (non-hydrogen) atoms.